The van der Waals surface area contributed by atoms with Crippen LogP contribution in [-0.2, 0) is 13.0 Å². The Morgan fingerprint density at radius 1 is 1.21 bits per heavy atom. The van der Waals surface area contributed by atoms with E-state index in [4.69, 9.17) is 5.10 Å². The number of hydrogen-bond acceptors (Lipinski definition) is 5. The summed E-state index contributed by atoms with van der Waals surface area (Å²) >= 11 is 0. The second kappa shape index (κ2) is 9.80. The number of aromatic nitrogens is 2. The number of aryl methyl sites for hydroxylation is 2. The highest BCUT2D eigenvalue weighted by atomic mass is 15.4. The van der Waals surface area contributed by atoms with Crippen molar-refractivity contribution in [2.45, 2.75) is 46.6 Å². The molecule has 0 fully saturated rings. The van der Waals surface area contributed by atoms with Crippen molar-refractivity contribution in [3.05, 3.63) is 89.6 Å². The van der Waals surface area contributed by atoms with Crippen LogP contribution in [0.15, 0.2) is 83.5 Å². The van der Waals surface area contributed by atoms with Gasteiger partial charge < -0.3 is 10.6 Å². The molecule has 0 unspecified atom stereocenters. The Balaban J connectivity index is 1.69. The Labute approximate surface area is 196 Å². The van der Waals surface area contributed by atoms with Crippen molar-refractivity contribution >= 4 is 11.9 Å². The first kappa shape index (κ1) is 22.4. The first-order chi connectivity index (χ1) is 16.0. The van der Waals surface area contributed by atoms with Gasteiger partial charge in [0.05, 0.1) is 23.6 Å². The van der Waals surface area contributed by atoms with E-state index in [-0.39, 0.29) is 0 Å². The Kier molecular flexibility index (Phi) is 6.66. The second-order valence-electron chi connectivity index (χ2n) is 8.35. The minimum Gasteiger partial charge on any atom is -0.381 e. The zero-order valence-corrected chi connectivity index (χ0v) is 19.8. The van der Waals surface area contributed by atoms with Crippen LogP contribution in [0.5, 0.6) is 0 Å². The van der Waals surface area contributed by atoms with Gasteiger partial charge in [-0.1, -0.05) is 51.1 Å². The molecule has 1 aromatic carbocycles. The zero-order chi connectivity index (χ0) is 23.4. The lowest BCUT2D eigenvalue weighted by molar-refractivity contribution is 0.624. The number of benzene rings is 1. The largest absolute Gasteiger partial charge is 0.381 e. The number of rotatable bonds is 11. The maximum Gasteiger partial charge on any atom is 0.163 e. The lowest BCUT2D eigenvalue weighted by Gasteiger charge is -2.12. The molecule has 0 radical (unpaired) electrons. The van der Waals surface area contributed by atoms with Gasteiger partial charge in [-0.3, -0.25) is 9.58 Å². The lowest BCUT2D eigenvalue weighted by atomic mass is 9.98. The minimum absolute atomic E-state index is 0.576. The van der Waals surface area contributed by atoms with Crippen molar-refractivity contribution in [1.29, 1.82) is 0 Å². The monoisotopic (exact) mass is 440 g/mol. The molecule has 0 bridgehead atoms. The molecule has 2 aromatic rings. The van der Waals surface area contributed by atoms with Crippen molar-refractivity contribution in [2.24, 2.45) is 4.99 Å². The highest BCUT2D eigenvalue weighted by molar-refractivity contribution is 5.80. The average Bonchev–Trinajstić information content (AvgIpc) is 3.43. The lowest BCUT2D eigenvalue weighted by Crippen LogP contribution is -2.18. The number of hydrogen-bond donors (Lipinski definition) is 2. The molecule has 2 aliphatic rings. The van der Waals surface area contributed by atoms with Gasteiger partial charge >= 0.3 is 0 Å². The summed E-state index contributed by atoms with van der Waals surface area (Å²) < 4.78 is 1.94. The molecule has 0 spiro atoms. The fourth-order valence-electron chi connectivity index (χ4n) is 3.98. The van der Waals surface area contributed by atoms with Crippen molar-refractivity contribution in [1.82, 2.24) is 20.0 Å². The predicted octanol–water partition coefficient (Wildman–Crippen LogP) is 5.49. The maximum absolute atomic E-state index is 4.99. The van der Waals surface area contributed by atoms with Gasteiger partial charge in [0, 0.05) is 30.7 Å². The number of aliphatic imine (C=N–C) groups is 1. The van der Waals surface area contributed by atoms with E-state index in [0.29, 0.717) is 6.54 Å². The van der Waals surface area contributed by atoms with E-state index in [0.717, 1.165) is 65.7 Å². The summed E-state index contributed by atoms with van der Waals surface area (Å²) in [5, 5.41) is 11.9. The third-order valence-corrected chi connectivity index (χ3v) is 5.64. The Bertz CT molecular complexity index is 1200. The molecule has 0 saturated carbocycles. The standard InChI is InChI=1S/C27H32N6/c1-6-10-21-12-11-19(4)16-23(21)25-24(18-32(31-25)17-22(8-3)28-13-7-2)30-20(5)26-27-29-14-9-15-33(26)27/h9,11-12,14-16,18,28,30H,3,5-7,10,13,17H2,1-2,4H3. The van der Waals surface area contributed by atoms with Crippen LogP contribution in [-0.4, -0.2) is 27.4 Å². The Hall–Kier alpha value is -3.76. The molecule has 0 aliphatic carbocycles. The topological polar surface area (TPSA) is 57.2 Å². The van der Waals surface area contributed by atoms with Crippen LogP contribution in [0.1, 0.15) is 37.8 Å². The van der Waals surface area contributed by atoms with Gasteiger partial charge in [0.2, 0.25) is 0 Å². The van der Waals surface area contributed by atoms with Crippen LogP contribution in [0.25, 0.3) is 11.3 Å². The number of nitrogens with zero attached hydrogens (tertiary/aromatic N) is 4. The molecule has 6 heteroatoms. The minimum atomic E-state index is 0.576. The third kappa shape index (κ3) is 4.86. The number of allylic oxidation sites excluding steroid dienone is 2. The highest BCUT2D eigenvalue weighted by Gasteiger charge is 2.35. The fraction of sp³-hybridized carbons (Fsp3) is 0.296. The van der Waals surface area contributed by atoms with Crippen LogP contribution in [0.2, 0.25) is 0 Å². The predicted molar refractivity (Wildman–Crippen MR) is 137 cm³/mol. The summed E-state index contributed by atoms with van der Waals surface area (Å²) in [7, 11) is 0. The highest BCUT2D eigenvalue weighted by Crippen LogP contribution is 2.41. The second-order valence-corrected chi connectivity index (χ2v) is 8.35. The third-order valence-electron chi connectivity index (χ3n) is 5.64. The molecule has 4 rings (SSSR count). The van der Waals surface area contributed by atoms with E-state index in [9.17, 15) is 0 Å². The zero-order valence-electron chi connectivity index (χ0n) is 19.8. The molecule has 170 valence electrons. The quantitative estimate of drug-likeness (QED) is 0.454. The van der Waals surface area contributed by atoms with Gasteiger partial charge in [-0.05, 0) is 37.5 Å². The molecule has 33 heavy (non-hydrogen) atoms. The average molecular weight is 441 g/mol. The smallest absolute Gasteiger partial charge is 0.163 e. The normalized spacial score (nSPS) is 13.6. The maximum atomic E-state index is 4.99. The van der Waals surface area contributed by atoms with Crippen LogP contribution >= 0.6 is 0 Å². The fourth-order valence-corrected chi connectivity index (χ4v) is 3.98. The van der Waals surface area contributed by atoms with Crippen LogP contribution in [0.4, 0.5) is 5.69 Å². The van der Waals surface area contributed by atoms with Crippen molar-refractivity contribution in [2.75, 3.05) is 11.9 Å². The first-order valence-electron chi connectivity index (χ1n) is 11.6. The molecule has 1 aromatic heterocycles. The van der Waals surface area contributed by atoms with Crippen LogP contribution in [0.3, 0.4) is 0 Å². The molecule has 3 heterocycles. The van der Waals surface area contributed by atoms with Crippen molar-refractivity contribution < 1.29 is 0 Å². The van der Waals surface area contributed by atoms with Crippen LogP contribution < -0.4 is 10.6 Å². The van der Waals surface area contributed by atoms with Gasteiger partial charge in [-0.15, -0.1) is 5.73 Å². The molecule has 2 aliphatic heterocycles. The Morgan fingerprint density at radius 3 is 2.76 bits per heavy atom. The molecule has 6 nitrogen and oxygen atoms in total. The summed E-state index contributed by atoms with van der Waals surface area (Å²) in [4.78, 5) is 6.44. The van der Waals surface area contributed by atoms with E-state index >= 15 is 0 Å². The Morgan fingerprint density at radius 2 is 2.06 bits per heavy atom. The molecule has 0 saturated heterocycles. The van der Waals surface area contributed by atoms with E-state index in [1.54, 1.807) is 6.21 Å². The van der Waals surface area contributed by atoms with Gasteiger partial charge in [0.25, 0.3) is 0 Å². The van der Waals surface area contributed by atoms with E-state index in [1.165, 1.54) is 11.1 Å². The van der Waals surface area contributed by atoms with Gasteiger partial charge in [-0.25, -0.2) is 4.99 Å². The summed E-state index contributed by atoms with van der Waals surface area (Å²) in [6, 6.07) is 6.61. The summed E-state index contributed by atoms with van der Waals surface area (Å²) in [5.41, 5.74) is 11.3. The number of fused-ring (bicyclic) bond motifs is 1. The molecule has 0 atom stereocenters. The number of anilines is 1. The van der Waals surface area contributed by atoms with E-state index in [1.807, 2.05) is 28.1 Å². The van der Waals surface area contributed by atoms with Gasteiger partial charge in [0.15, 0.2) is 5.82 Å². The van der Waals surface area contributed by atoms with Crippen LogP contribution in [0, 0.1) is 6.92 Å². The summed E-state index contributed by atoms with van der Waals surface area (Å²) in [5.74, 6) is 0.937. The van der Waals surface area contributed by atoms with Crippen molar-refractivity contribution in [3.8, 4) is 11.3 Å². The van der Waals surface area contributed by atoms with Gasteiger partial charge in [-0.2, -0.15) is 5.10 Å². The molecule has 0 amide bonds. The molecular formula is C27H32N6. The van der Waals surface area contributed by atoms with E-state index < -0.39 is 0 Å². The molecule has 2 N–H and O–H groups in total. The van der Waals surface area contributed by atoms with Gasteiger partial charge in [0.1, 0.15) is 11.4 Å². The SMILES string of the molecule is C=C=C(Cn1cc(NC(=C)C2=C3N=CC=CN32)c(-c2cc(C)ccc2CCC)n1)NCCC. The van der Waals surface area contributed by atoms with Crippen molar-refractivity contribution in [3.63, 3.8) is 0 Å². The summed E-state index contributed by atoms with van der Waals surface area (Å²) in [6.45, 7) is 16.0. The number of nitrogens with one attached hydrogen (secondary N) is 2. The van der Waals surface area contributed by atoms with E-state index in [2.05, 4.69) is 73.5 Å². The first-order valence-corrected chi connectivity index (χ1v) is 11.6. The summed E-state index contributed by atoms with van der Waals surface area (Å²) in [6.07, 6.45) is 10.9. The molecular weight excluding hydrogens is 408 g/mol.